The third kappa shape index (κ3) is 5.29. The van der Waals surface area contributed by atoms with Crippen LogP contribution < -0.4 is 24.8 Å². The van der Waals surface area contributed by atoms with Gasteiger partial charge in [-0.15, -0.1) is 0 Å². The van der Waals surface area contributed by atoms with Crippen LogP contribution in [0.2, 0.25) is 0 Å². The number of hydrogen-bond donors (Lipinski definition) is 2. The van der Waals surface area contributed by atoms with Gasteiger partial charge in [-0.3, -0.25) is 4.79 Å². The third-order valence-electron chi connectivity index (χ3n) is 3.80. The summed E-state index contributed by atoms with van der Waals surface area (Å²) in [5.74, 6) is 0.794. The van der Waals surface area contributed by atoms with E-state index in [1.807, 2.05) is 0 Å². The highest BCUT2D eigenvalue weighted by molar-refractivity contribution is 5.95. The Morgan fingerprint density at radius 1 is 0.893 bits per heavy atom. The number of amides is 1. The Morgan fingerprint density at radius 3 is 2.00 bits per heavy atom. The second-order valence-corrected chi connectivity index (χ2v) is 5.61. The molecule has 28 heavy (non-hydrogen) atoms. The highest BCUT2D eigenvalue weighted by atomic mass is 16.5. The van der Waals surface area contributed by atoms with E-state index in [4.69, 9.17) is 18.9 Å². The Balaban J connectivity index is 1.98. The first-order chi connectivity index (χ1) is 13.5. The van der Waals surface area contributed by atoms with Crippen molar-refractivity contribution in [1.29, 1.82) is 0 Å². The molecule has 2 aromatic carbocycles. The Morgan fingerprint density at radius 2 is 1.50 bits per heavy atom. The van der Waals surface area contributed by atoms with Crippen LogP contribution in [0.4, 0.5) is 11.4 Å². The molecule has 0 bridgehead atoms. The van der Waals surface area contributed by atoms with Crippen LogP contribution in [0.1, 0.15) is 17.3 Å². The molecule has 0 aromatic heterocycles. The summed E-state index contributed by atoms with van der Waals surface area (Å²) in [6, 6.07) is 9.90. The Bertz CT molecular complexity index is 795. The third-order valence-corrected chi connectivity index (χ3v) is 3.80. The lowest BCUT2D eigenvalue weighted by atomic mass is 10.2. The monoisotopic (exact) mass is 388 g/mol. The first-order valence-corrected chi connectivity index (χ1v) is 8.63. The number of ether oxygens (including phenoxy) is 4. The number of carbonyl (C=O) groups excluding carboxylic acids is 2. The van der Waals surface area contributed by atoms with E-state index in [9.17, 15) is 9.59 Å². The summed E-state index contributed by atoms with van der Waals surface area (Å²) in [4.78, 5) is 23.8. The van der Waals surface area contributed by atoms with Crippen LogP contribution in [0.25, 0.3) is 0 Å². The van der Waals surface area contributed by atoms with Crippen LogP contribution in [0.15, 0.2) is 36.4 Å². The van der Waals surface area contributed by atoms with Gasteiger partial charge in [-0.2, -0.15) is 0 Å². The van der Waals surface area contributed by atoms with Gasteiger partial charge in [-0.05, 0) is 31.2 Å². The van der Waals surface area contributed by atoms with Gasteiger partial charge in [0.25, 0.3) is 0 Å². The van der Waals surface area contributed by atoms with Gasteiger partial charge in [0.2, 0.25) is 11.7 Å². The van der Waals surface area contributed by atoms with Gasteiger partial charge < -0.3 is 29.6 Å². The van der Waals surface area contributed by atoms with Crippen LogP contribution in [-0.2, 0) is 9.53 Å². The van der Waals surface area contributed by atoms with Gasteiger partial charge in [-0.1, -0.05) is 0 Å². The summed E-state index contributed by atoms with van der Waals surface area (Å²) < 4.78 is 20.8. The standard InChI is InChI=1S/C20H24N2O6/c1-5-28-20(24)13-6-8-14(9-7-13)22-18(23)12-21-15-10-16(25-2)19(27-4)17(11-15)26-3/h6-11,21H,5,12H2,1-4H3,(H,22,23). The molecule has 0 aliphatic heterocycles. The maximum absolute atomic E-state index is 12.2. The van der Waals surface area contributed by atoms with Crippen LogP contribution in [0.3, 0.4) is 0 Å². The quantitative estimate of drug-likeness (QED) is 0.638. The first kappa shape index (κ1) is 20.9. The summed E-state index contributed by atoms with van der Waals surface area (Å²) in [5.41, 5.74) is 1.64. The minimum atomic E-state index is -0.399. The molecule has 0 saturated heterocycles. The molecule has 2 rings (SSSR count). The number of anilines is 2. The van der Waals surface area contributed by atoms with Gasteiger partial charge in [0.05, 0.1) is 40.0 Å². The molecule has 0 heterocycles. The molecule has 0 atom stereocenters. The zero-order valence-electron chi connectivity index (χ0n) is 16.3. The summed E-state index contributed by atoms with van der Waals surface area (Å²) in [6.07, 6.45) is 0. The molecule has 0 aliphatic carbocycles. The molecule has 0 spiro atoms. The summed E-state index contributed by atoms with van der Waals surface area (Å²) in [7, 11) is 4.57. The lowest BCUT2D eigenvalue weighted by molar-refractivity contribution is -0.114. The minimum Gasteiger partial charge on any atom is -0.493 e. The SMILES string of the molecule is CCOC(=O)c1ccc(NC(=O)CNc2cc(OC)c(OC)c(OC)c2)cc1. The largest absolute Gasteiger partial charge is 0.493 e. The molecule has 2 aromatic rings. The van der Waals surface area contributed by atoms with E-state index < -0.39 is 5.97 Å². The zero-order valence-corrected chi connectivity index (χ0v) is 16.3. The van der Waals surface area contributed by atoms with Crippen molar-refractivity contribution in [3.63, 3.8) is 0 Å². The van der Waals surface area contributed by atoms with Crippen LogP contribution >= 0.6 is 0 Å². The van der Waals surface area contributed by atoms with Crippen LogP contribution in [0, 0.1) is 0 Å². The van der Waals surface area contributed by atoms with E-state index in [0.717, 1.165) is 0 Å². The molecular weight excluding hydrogens is 364 g/mol. The Kier molecular flexibility index (Phi) is 7.50. The highest BCUT2D eigenvalue weighted by Crippen LogP contribution is 2.39. The molecule has 150 valence electrons. The van der Waals surface area contributed by atoms with E-state index in [1.54, 1.807) is 43.3 Å². The van der Waals surface area contributed by atoms with Crippen molar-refractivity contribution < 1.29 is 28.5 Å². The summed E-state index contributed by atoms with van der Waals surface area (Å²) in [5, 5.41) is 5.76. The fourth-order valence-electron chi connectivity index (χ4n) is 2.47. The fraction of sp³-hybridized carbons (Fsp3) is 0.300. The number of hydrogen-bond acceptors (Lipinski definition) is 7. The van der Waals surface area contributed by atoms with E-state index in [-0.39, 0.29) is 12.5 Å². The van der Waals surface area contributed by atoms with Gasteiger partial charge in [0, 0.05) is 23.5 Å². The van der Waals surface area contributed by atoms with E-state index in [2.05, 4.69) is 10.6 Å². The van der Waals surface area contributed by atoms with Crippen molar-refractivity contribution >= 4 is 23.3 Å². The Hall–Kier alpha value is -3.42. The molecule has 0 saturated carbocycles. The zero-order chi connectivity index (χ0) is 20.5. The lowest BCUT2D eigenvalue weighted by Crippen LogP contribution is -2.21. The smallest absolute Gasteiger partial charge is 0.338 e. The molecule has 0 unspecified atom stereocenters. The second-order valence-electron chi connectivity index (χ2n) is 5.61. The number of rotatable bonds is 9. The van der Waals surface area contributed by atoms with E-state index in [0.29, 0.717) is 40.8 Å². The predicted molar refractivity (Wildman–Crippen MR) is 106 cm³/mol. The molecule has 0 fully saturated rings. The van der Waals surface area contributed by atoms with Crippen molar-refractivity contribution in [2.45, 2.75) is 6.92 Å². The van der Waals surface area contributed by atoms with E-state index in [1.165, 1.54) is 21.3 Å². The van der Waals surface area contributed by atoms with Crippen molar-refractivity contribution in [1.82, 2.24) is 0 Å². The maximum Gasteiger partial charge on any atom is 0.338 e. The summed E-state index contributed by atoms with van der Waals surface area (Å²) >= 11 is 0. The van der Waals surface area contributed by atoms with Crippen molar-refractivity contribution in [2.24, 2.45) is 0 Å². The molecule has 0 radical (unpaired) electrons. The lowest BCUT2D eigenvalue weighted by Gasteiger charge is -2.15. The number of nitrogens with one attached hydrogen (secondary N) is 2. The molecule has 1 amide bonds. The molecular formula is C20H24N2O6. The molecule has 8 nitrogen and oxygen atoms in total. The number of benzene rings is 2. The second kappa shape index (κ2) is 10.1. The van der Waals surface area contributed by atoms with Crippen LogP contribution in [-0.4, -0.2) is 46.4 Å². The first-order valence-electron chi connectivity index (χ1n) is 8.63. The van der Waals surface area contributed by atoms with Gasteiger partial charge >= 0.3 is 5.97 Å². The topological polar surface area (TPSA) is 95.1 Å². The van der Waals surface area contributed by atoms with E-state index >= 15 is 0 Å². The average molecular weight is 388 g/mol. The van der Waals surface area contributed by atoms with Gasteiger partial charge in [0.1, 0.15) is 0 Å². The summed E-state index contributed by atoms with van der Waals surface area (Å²) in [6.45, 7) is 2.08. The predicted octanol–water partition coefficient (Wildman–Crippen LogP) is 2.94. The van der Waals surface area contributed by atoms with Crippen molar-refractivity contribution in [3.8, 4) is 17.2 Å². The number of esters is 1. The number of methoxy groups -OCH3 is 3. The number of carbonyl (C=O) groups is 2. The van der Waals surface area contributed by atoms with Gasteiger partial charge in [-0.25, -0.2) is 4.79 Å². The van der Waals surface area contributed by atoms with Crippen molar-refractivity contribution in [3.05, 3.63) is 42.0 Å². The molecule has 2 N–H and O–H groups in total. The highest BCUT2D eigenvalue weighted by Gasteiger charge is 2.14. The molecule has 0 aliphatic rings. The fourth-order valence-corrected chi connectivity index (χ4v) is 2.47. The normalized spacial score (nSPS) is 10.0. The van der Waals surface area contributed by atoms with Crippen molar-refractivity contribution in [2.75, 3.05) is 45.1 Å². The Labute approximate surface area is 163 Å². The molecule has 8 heteroatoms. The van der Waals surface area contributed by atoms with Gasteiger partial charge in [0.15, 0.2) is 11.5 Å². The average Bonchev–Trinajstić information content (AvgIpc) is 2.72. The van der Waals surface area contributed by atoms with Crippen LogP contribution in [0.5, 0.6) is 17.2 Å². The maximum atomic E-state index is 12.2. The minimum absolute atomic E-state index is 0.0261.